The summed E-state index contributed by atoms with van der Waals surface area (Å²) in [6.07, 6.45) is 9.91. The van der Waals surface area contributed by atoms with Crippen molar-refractivity contribution in [3.05, 3.63) is 0 Å². The quantitative estimate of drug-likeness (QED) is 0.790. The van der Waals surface area contributed by atoms with E-state index in [4.69, 9.17) is 5.73 Å². The maximum absolute atomic E-state index is 12.1. The first-order valence-corrected chi connectivity index (χ1v) is 8.94. The molecule has 1 saturated heterocycles. The van der Waals surface area contributed by atoms with E-state index in [2.05, 4.69) is 17.1 Å². The third-order valence-electron chi connectivity index (χ3n) is 5.16. The number of piperidine rings is 1. The highest BCUT2D eigenvalue weighted by atomic mass is 16.1. The third kappa shape index (κ3) is 5.95. The maximum atomic E-state index is 12.1. The topological polar surface area (TPSA) is 58.4 Å². The Morgan fingerprint density at radius 1 is 1.14 bits per heavy atom. The van der Waals surface area contributed by atoms with Gasteiger partial charge in [-0.3, -0.25) is 4.79 Å². The zero-order valence-corrected chi connectivity index (χ0v) is 13.7. The molecular formula is C17H33N3O. The van der Waals surface area contributed by atoms with Crippen LogP contribution < -0.4 is 11.1 Å². The van der Waals surface area contributed by atoms with E-state index < -0.39 is 0 Å². The third-order valence-corrected chi connectivity index (χ3v) is 5.16. The first kappa shape index (κ1) is 16.8. The van der Waals surface area contributed by atoms with Gasteiger partial charge in [0.05, 0.1) is 0 Å². The van der Waals surface area contributed by atoms with Gasteiger partial charge < -0.3 is 16.0 Å². The van der Waals surface area contributed by atoms with Crippen LogP contribution in [0.25, 0.3) is 0 Å². The van der Waals surface area contributed by atoms with Crippen molar-refractivity contribution >= 4 is 5.91 Å². The molecule has 3 N–H and O–H groups in total. The molecule has 1 aliphatic heterocycles. The van der Waals surface area contributed by atoms with E-state index in [1.807, 2.05) is 0 Å². The van der Waals surface area contributed by atoms with Crippen LogP contribution in [0.1, 0.15) is 64.7 Å². The first-order valence-electron chi connectivity index (χ1n) is 8.94. The van der Waals surface area contributed by atoms with Gasteiger partial charge in [-0.15, -0.1) is 0 Å². The smallest absolute Gasteiger partial charge is 0.220 e. The highest BCUT2D eigenvalue weighted by molar-refractivity contribution is 5.76. The lowest BCUT2D eigenvalue weighted by atomic mass is 9.84. The molecule has 0 atom stereocenters. The standard InChI is InChI=1S/C17H33N3O/c1-2-11-20-12-9-16(10-13-20)19-17(21)8-5-14-3-6-15(18)7-4-14/h14-16H,2-13,18H2,1H3,(H,19,21). The van der Waals surface area contributed by atoms with Gasteiger partial charge >= 0.3 is 0 Å². The minimum Gasteiger partial charge on any atom is -0.353 e. The fourth-order valence-corrected chi connectivity index (χ4v) is 3.73. The minimum atomic E-state index is 0.263. The van der Waals surface area contributed by atoms with Crippen molar-refractivity contribution < 1.29 is 4.79 Å². The van der Waals surface area contributed by atoms with Crippen LogP contribution in [0.15, 0.2) is 0 Å². The summed E-state index contributed by atoms with van der Waals surface area (Å²) in [5.74, 6) is 0.987. The lowest BCUT2D eigenvalue weighted by Crippen LogP contribution is -2.44. The summed E-state index contributed by atoms with van der Waals surface area (Å²) >= 11 is 0. The number of hydrogen-bond donors (Lipinski definition) is 2. The Kier molecular flexibility index (Phi) is 6.97. The number of nitrogens with two attached hydrogens (primary N) is 1. The molecule has 1 heterocycles. The lowest BCUT2D eigenvalue weighted by Gasteiger charge is -2.32. The Hall–Kier alpha value is -0.610. The number of amides is 1. The van der Waals surface area contributed by atoms with Crippen molar-refractivity contribution in [3.63, 3.8) is 0 Å². The summed E-state index contributed by atoms with van der Waals surface area (Å²) in [5.41, 5.74) is 5.93. The zero-order valence-electron chi connectivity index (χ0n) is 13.7. The molecule has 4 heteroatoms. The summed E-state index contributed by atoms with van der Waals surface area (Å²) in [4.78, 5) is 14.6. The number of nitrogens with one attached hydrogen (secondary N) is 1. The van der Waals surface area contributed by atoms with E-state index in [1.54, 1.807) is 0 Å². The molecule has 0 aromatic heterocycles. The van der Waals surface area contributed by atoms with E-state index in [0.29, 0.717) is 18.5 Å². The van der Waals surface area contributed by atoms with Gasteiger partial charge in [-0.1, -0.05) is 6.92 Å². The minimum absolute atomic E-state index is 0.263. The highest BCUT2D eigenvalue weighted by Gasteiger charge is 2.22. The molecule has 0 spiro atoms. The molecule has 1 aliphatic carbocycles. The van der Waals surface area contributed by atoms with Crippen LogP contribution in [0.4, 0.5) is 0 Å². The van der Waals surface area contributed by atoms with Crippen LogP contribution in [0.2, 0.25) is 0 Å². The summed E-state index contributed by atoms with van der Waals surface area (Å²) in [5, 5.41) is 3.24. The van der Waals surface area contributed by atoms with Crippen molar-refractivity contribution in [3.8, 4) is 0 Å². The van der Waals surface area contributed by atoms with E-state index in [0.717, 1.165) is 51.1 Å². The number of carbonyl (C=O) groups excluding carboxylic acids is 1. The van der Waals surface area contributed by atoms with Crippen LogP contribution in [-0.4, -0.2) is 42.5 Å². The van der Waals surface area contributed by atoms with Gasteiger partial charge in [0.25, 0.3) is 0 Å². The molecule has 2 rings (SSSR count). The van der Waals surface area contributed by atoms with Crippen LogP contribution in [0.3, 0.4) is 0 Å². The molecule has 4 nitrogen and oxygen atoms in total. The van der Waals surface area contributed by atoms with Crippen molar-refractivity contribution in [2.45, 2.75) is 76.8 Å². The van der Waals surface area contributed by atoms with Crippen LogP contribution in [-0.2, 0) is 4.79 Å². The summed E-state index contributed by atoms with van der Waals surface area (Å²) in [6.45, 7) is 5.70. The Balaban J connectivity index is 1.57. The SMILES string of the molecule is CCCN1CCC(NC(=O)CCC2CCC(N)CC2)CC1. The molecule has 0 aromatic rings. The van der Waals surface area contributed by atoms with Crippen molar-refractivity contribution in [2.24, 2.45) is 11.7 Å². The van der Waals surface area contributed by atoms with Crippen LogP contribution >= 0.6 is 0 Å². The highest BCUT2D eigenvalue weighted by Crippen LogP contribution is 2.26. The Bertz CT molecular complexity index is 305. The number of hydrogen-bond acceptors (Lipinski definition) is 3. The van der Waals surface area contributed by atoms with E-state index >= 15 is 0 Å². The maximum Gasteiger partial charge on any atom is 0.220 e. The molecular weight excluding hydrogens is 262 g/mol. The van der Waals surface area contributed by atoms with Crippen molar-refractivity contribution in [1.82, 2.24) is 10.2 Å². The van der Waals surface area contributed by atoms with Gasteiger partial charge in [0.15, 0.2) is 0 Å². The fourth-order valence-electron chi connectivity index (χ4n) is 3.73. The average molecular weight is 295 g/mol. The molecule has 21 heavy (non-hydrogen) atoms. The lowest BCUT2D eigenvalue weighted by molar-refractivity contribution is -0.122. The predicted molar refractivity (Wildman–Crippen MR) is 87.1 cm³/mol. The molecule has 2 fully saturated rings. The monoisotopic (exact) mass is 295 g/mol. The van der Waals surface area contributed by atoms with Gasteiger partial charge in [-0.05, 0) is 63.8 Å². The Labute approximate surface area is 129 Å². The second kappa shape index (κ2) is 8.74. The summed E-state index contributed by atoms with van der Waals surface area (Å²) < 4.78 is 0. The molecule has 0 radical (unpaired) electrons. The number of rotatable bonds is 6. The normalized spacial score (nSPS) is 28.5. The summed E-state index contributed by atoms with van der Waals surface area (Å²) in [7, 11) is 0. The average Bonchev–Trinajstić information content (AvgIpc) is 2.49. The van der Waals surface area contributed by atoms with Crippen molar-refractivity contribution in [2.75, 3.05) is 19.6 Å². The van der Waals surface area contributed by atoms with Gasteiger partial charge in [-0.2, -0.15) is 0 Å². The Morgan fingerprint density at radius 3 is 2.43 bits per heavy atom. The van der Waals surface area contributed by atoms with E-state index in [-0.39, 0.29) is 5.91 Å². The fraction of sp³-hybridized carbons (Fsp3) is 0.941. The predicted octanol–water partition coefficient (Wildman–Crippen LogP) is 2.27. The van der Waals surface area contributed by atoms with E-state index in [9.17, 15) is 4.79 Å². The molecule has 1 saturated carbocycles. The van der Waals surface area contributed by atoms with Crippen molar-refractivity contribution in [1.29, 1.82) is 0 Å². The molecule has 2 aliphatic rings. The van der Waals surface area contributed by atoms with E-state index in [1.165, 1.54) is 25.8 Å². The summed E-state index contributed by atoms with van der Waals surface area (Å²) in [6, 6.07) is 0.814. The van der Waals surface area contributed by atoms with Gasteiger partial charge in [0.2, 0.25) is 5.91 Å². The van der Waals surface area contributed by atoms with Gasteiger partial charge in [-0.25, -0.2) is 0 Å². The largest absolute Gasteiger partial charge is 0.353 e. The zero-order chi connectivity index (χ0) is 15.1. The molecule has 0 unspecified atom stereocenters. The number of nitrogens with zero attached hydrogens (tertiary/aromatic N) is 1. The van der Waals surface area contributed by atoms with Crippen LogP contribution in [0, 0.1) is 5.92 Å². The van der Waals surface area contributed by atoms with Gasteiger partial charge in [0, 0.05) is 31.6 Å². The first-order chi connectivity index (χ1) is 10.2. The van der Waals surface area contributed by atoms with Crippen LogP contribution in [0.5, 0.6) is 0 Å². The van der Waals surface area contributed by atoms with Gasteiger partial charge in [0.1, 0.15) is 0 Å². The second-order valence-corrected chi connectivity index (χ2v) is 7.00. The number of likely N-dealkylation sites (tertiary alicyclic amines) is 1. The molecule has 0 aromatic carbocycles. The number of carbonyl (C=O) groups is 1. The molecule has 0 bridgehead atoms. The molecule has 1 amide bonds. The second-order valence-electron chi connectivity index (χ2n) is 7.00. The Morgan fingerprint density at radius 2 is 1.81 bits per heavy atom. The molecule has 122 valence electrons.